The predicted molar refractivity (Wildman–Crippen MR) is 106 cm³/mol. The zero-order chi connectivity index (χ0) is 19.2. The molecule has 0 spiro atoms. The number of benzene rings is 2. The number of amides is 1. The number of rotatable bonds is 7. The number of nitrogens with zero attached hydrogens (tertiary/aromatic N) is 2. The first kappa shape index (κ1) is 18.7. The average Bonchev–Trinajstić information content (AvgIpc) is 3.11. The fraction of sp³-hybridized carbons (Fsp3) is 0.273. The highest BCUT2D eigenvalue weighted by Crippen LogP contribution is 2.25. The van der Waals surface area contributed by atoms with Gasteiger partial charge in [0, 0.05) is 5.56 Å². The van der Waals surface area contributed by atoms with Gasteiger partial charge in [0.25, 0.3) is 5.91 Å². The molecule has 1 aromatic heterocycles. The van der Waals surface area contributed by atoms with Gasteiger partial charge in [0.05, 0.1) is 37.2 Å². The lowest BCUT2D eigenvalue weighted by molar-refractivity contribution is 0.0938. The van der Waals surface area contributed by atoms with Gasteiger partial charge in [-0.2, -0.15) is 5.10 Å². The molecule has 27 heavy (non-hydrogen) atoms. The van der Waals surface area contributed by atoms with Gasteiger partial charge in [-0.1, -0.05) is 55.5 Å². The number of carbonyl (C=O) groups excluding carboxylic acids is 1. The van der Waals surface area contributed by atoms with Crippen molar-refractivity contribution < 1.29 is 9.53 Å². The Labute approximate surface area is 160 Å². The molecule has 0 fully saturated rings. The number of hydrogen-bond donors (Lipinski definition) is 1. The topological polar surface area (TPSA) is 56.1 Å². The molecule has 0 saturated heterocycles. The van der Waals surface area contributed by atoms with E-state index >= 15 is 0 Å². The lowest BCUT2D eigenvalue weighted by Gasteiger charge is -2.17. The van der Waals surface area contributed by atoms with E-state index in [1.807, 2.05) is 61.0 Å². The number of carbonyl (C=O) groups is 1. The lowest BCUT2D eigenvalue weighted by atomic mass is 10.1. The molecule has 0 aliphatic rings. The Morgan fingerprint density at radius 3 is 2.56 bits per heavy atom. The first-order chi connectivity index (χ1) is 13.1. The highest BCUT2D eigenvalue weighted by Gasteiger charge is 2.20. The van der Waals surface area contributed by atoms with E-state index < -0.39 is 0 Å². The maximum atomic E-state index is 12.9. The van der Waals surface area contributed by atoms with Crippen molar-refractivity contribution >= 4 is 5.91 Å². The molecule has 0 radical (unpaired) electrons. The molecule has 1 amide bonds. The largest absolute Gasteiger partial charge is 0.496 e. The summed E-state index contributed by atoms with van der Waals surface area (Å²) in [7, 11) is 1.64. The molecule has 0 saturated carbocycles. The van der Waals surface area contributed by atoms with E-state index in [1.165, 1.54) is 0 Å². The average molecular weight is 363 g/mol. The number of para-hydroxylation sites is 1. The van der Waals surface area contributed by atoms with Gasteiger partial charge in [-0.05, 0) is 25.0 Å². The summed E-state index contributed by atoms with van der Waals surface area (Å²) in [6.45, 7) is 4.65. The van der Waals surface area contributed by atoms with Gasteiger partial charge < -0.3 is 10.1 Å². The highest BCUT2D eigenvalue weighted by atomic mass is 16.5. The molecule has 1 unspecified atom stereocenters. The molecule has 3 rings (SSSR count). The van der Waals surface area contributed by atoms with E-state index in [4.69, 9.17) is 4.74 Å². The minimum atomic E-state index is -0.171. The third-order valence-corrected chi connectivity index (χ3v) is 4.66. The highest BCUT2D eigenvalue weighted by molar-refractivity contribution is 5.95. The number of hydrogen-bond acceptors (Lipinski definition) is 3. The van der Waals surface area contributed by atoms with Crippen molar-refractivity contribution in [3.8, 4) is 5.75 Å². The first-order valence-electron chi connectivity index (χ1n) is 9.16. The van der Waals surface area contributed by atoms with Gasteiger partial charge in [0.2, 0.25) is 0 Å². The Morgan fingerprint density at radius 2 is 1.85 bits per heavy atom. The molecular formula is C22H25N3O2. The number of aromatic nitrogens is 2. The van der Waals surface area contributed by atoms with Crippen LogP contribution in [0.5, 0.6) is 5.75 Å². The van der Waals surface area contributed by atoms with Crippen LogP contribution in [0.2, 0.25) is 0 Å². The second-order valence-corrected chi connectivity index (χ2v) is 6.44. The van der Waals surface area contributed by atoms with Crippen molar-refractivity contribution in [2.75, 3.05) is 7.11 Å². The molecule has 140 valence electrons. The van der Waals surface area contributed by atoms with Crippen LogP contribution >= 0.6 is 0 Å². The number of ether oxygens (including phenoxy) is 1. The van der Waals surface area contributed by atoms with Crippen LogP contribution in [0.3, 0.4) is 0 Å². The Hall–Kier alpha value is -3.08. The van der Waals surface area contributed by atoms with Gasteiger partial charge in [-0.25, -0.2) is 0 Å². The van der Waals surface area contributed by atoms with Gasteiger partial charge in [-0.15, -0.1) is 0 Å². The standard InChI is InChI=1S/C22H25N3O2/c1-4-20-19(14-23-25(20)15-17-10-6-5-7-11-17)22(26)24-16(2)18-12-8-9-13-21(18)27-3/h5-14,16H,4,15H2,1-3H3,(H,24,26). The van der Waals surface area contributed by atoms with Gasteiger partial charge in [0.1, 0.15) is 5.75 Å². The zero-order valence-corrected chi connectivity index (χ0v) is 16.0. The normalized spacial score (nSPS) is 11.8. The van der Waals surface area contributed by atoms with E-state index in [-0.39, 0.29) is 11.9 Å². The summed E-state index contributed by atoms with van der Waals surface area (Å²) in [6, 6.07) is 17.7. The molecule has 0 bridgehead atoms. The molecule has 1 heterocycles. The lowest BCUT2D eigenvalue weighted by Crippen LogP contribution is -2.27. The molecule has 5 nitrogen and oxygen atoms in total. The van der Waals surface area contributed by atoms with E-state index in [0.29, 0.717) is 12.1 Å². The van der Waals surface area contributed by atoms with Crippen LogP contribution < -0.4 is 10.1 Å². The second-order valence-electron chi connectivity index (χ2n) is 6.44. The number of methoxy groups -OCH3 is 1. The fourth-order valence-electron chi connectivity index (χ4n) is 3.24. The Balaban J connectivity index is 1.78. The van der Waals surface area contributed by atoms with Crippen LogP contribution in [0.25, 0.3) is 0 Å². The van der Waals surface area contributed by atoms with Crippen LogP contribution in [0.4, 0.5) is 0 Å². The minimum absolute atomic E-state index is 0.121. The molecular weight excluding hydrogens is 338 g/mol. The van der Waals surface area contributed by atoms with Crippen LogP contribution in [0.1, 0.15) is 47.1 Å². The second kappa shape index (κ2) is 8.54. The fourth-order valence-corrected chi connectivity index (χ4v) is 3.24. The van der Waals surface area contributed by atoms with Gasteiger partial charge >= 0.3 is 0 Å². The smallest absolute Gasteiger partial charge is 0.255 e. The van der Waals surface area contributed by atoms with Crippen molar-refractivity contribution in [1.29, 1.82) is 0 Å². The molecule has 1 atom stereocenters. The molecule has 2 aromatic carbocycles. The van der Waals surface area contributed by atoms with Crippen LogP contribution in [-0.2, 0) is 13.0 Å². The van der Waals surface area contributed by atoms with Crippen molar-refractivity contribution in [2.45, 2.75) is 32.9 Å². The van der Waals surface area contributed by atoms with Gasteiger partial charge in [0.15, 0.2) is 0 Å². The summed E-state index contributed by atoms with van der Waals surface area (Å²) < 4.78 is 7.30. The molecule has 0 aliphatic heterocycles. The Bertz CT molecular complexity index is 903. The Morgan fingerprint density at radius 1 is 1.15 bits per heavy atom. The van der Waals surface area contributed by atoms with E-state index in [9.17, 15) is 4.79 Å². The summed E-state index contributed by atoms with van der Waals surface area (Å²) in [6.07, 6.45) is 2.39. The maximum Gasteiger partial charge on any atom is 0.255 e. The SMILES string of the molecule is CCc1c(C(=O)NC(C)c2ccccc2OC)cnn1Cc1ccccc1. The third-order valence-electron chi connectivity index (χ3n) is 4.66. The maximum absolute atomic E-state index is 12.9. The Kier molecular flexibility index (Phi) is 5.91. The molecule has 1 N–H and O–H groups in total. The van der Waals surface area contributed by atoms with Crippen LogP contribution in [-0.4, -0.2) is 22.8 Å². The van der Waals surface area contributed by atoms with Crippen molar-refractivity contribution in [1.82, 2.24) is 15.1 Å². The van der Waals surface area contributed by atoms with Crippen molar-refractivity contribution in [2.24, 2.45) is 0 Å². The summed E-state index contributed by atoms with van der Waals surface area (Å²) in [4.78, 5) is 12.9. The monoisotopic (exact) mass is 363 g/mol. The number of nitrogens with one attached hydrogen (secondary N) is 1. The van der Waals surface area contributed by atoms with Gasteiger partial charge in [-0.3, -0.25) is 9.48 Å². The van der Waals surface area contributed by atoms with E-state index in [1.54, 1.807) is 13.3 Å². The summed E-state index contributed by atoms with van der Waals surface area (Å²) in [5.41, 5.74) is 3.66. The summed E-state index contributed by atoms with van der Waals surface area (Å²) >= 11 is 0. The van der Waals surface area contributed by atoms with E-state index in [0.717, 1.165) is 29.0 Å². The van der Waals surface area contributed by atoms with E-state index in [2.05, 4.69) is 22.5 Å². The molecule has 3 aromatic rings. The first-order valence-corrected chi connectivity index (χ1v) is 9.16. The van der Waals surface area contributed by atoms with Crippen molar-refractivity contribution in [3.05, 3.63) is 83.2 Å². The zero-order valence-electron chi connectivity index (χ0n) is 16.0. The van der Waals surface area contributed by atoms with Crippen LogP contribution in [0, 0.1) is 0 Å². The quantitative estimate of drug-likeness (QED) is 0.690. The molecule has 0 aliphatic carbocycles. The van der Waals surface area contributed by atoms with Crippen molar-refractivity contribution in [3.63, 3.8) is 0 Å². The minimum Gasteiger partial charge on any atom is -0.496 e. The molecule has 5 heteroatoms. The summed E-state index contributed by atoms with van der Waals surface area (Å²) in [5, 5.41) is 7.52. The third kappa shape index (κ3) is 4.19. The summed E-state index contributed by atoms with van der Waals surface area (Å²) in [5.74, 6) is 0.644. The predicted octanol–water partition coefficient (Wildman–Crippen LogP) is 3.99. The van der Waals surface area contributed by atoms with Crippen LogP contribution in [0.15, 0.2) is 60.8 Å².